The molecule has 0 aromatic carbocycles. The van der Waals surface area contributed by atoms with Crippen molar-refractivity contribution in [2.75, 3.05) is 13.2 Å². The van der Waals surface area contributed by atoms with E-state index < -0.39 is 49.5 Å². The van der Waals surface area contributed by atoms with Gasteiger partial charge in [-0.25, -0.2) is 0 Å². The van der Waals surface area contributed by atoms with E-state index in [2.05, 4.69) is 43.5 Å². The van der Waals surface area contributed by atoms with Crippen LogP contribution >= 0.6 is 0 Å². The van der Waals surface area contributed by atoms with Crippen molar-refractivity contribution in [2.24, 2.45) is 0 Å². The molecule has 1 aliphatic rings. The van der Waals surface area contributed by atoms with Gasteiger partial charge in [0.1, 0.15) is 24.4 Å². The van der Waals surface area contributed by atoms with Crippen LogP contribution in [0.15, 0.2) is 24.3 Å². The van der Waals surface area contributed by atoms with Crippen molar-refractivity contribution in [2.45, 2.75) is 192 Å². The van der Waals surface area contributed by atoms with Crippen molar-refractivity contribution in [3.63, 3.8) is 0 Å². The third-order valence-electron chi connectivity index (χ3n) is 8.81. The van der Waals surface area contributed by atoms with Crippen LogP contribution in [0.5, 0.6) is 0 Å². The largest absolute Gasteiger partial charge is 0.394 e. The van der Waals surface area contributed by atoms with Crippen LogP contribution in [0, 0.1) is 0 Å². The molecule has 9 heteroatoms. The van der Waals surface area contributed by atoms with E-state index in [1.165, 1.54) is 57.8 Å². The topological polar surface area (TPSA) is 149 Å². The van der Waals surface area contributed by atoms with E-state index in [1.54, 1.807) is 0 Å². The van der Waals surface area contributed by atoms with Gasteiger partial charge in [-0.2, -0.15) is 0 Å². The zero-order valence-electron chi connectivity index (χ0n) is 29.1. The summed E-state index contributed by atoms with van der Waals surface area (Å²) in [6.45, 7) is 3.73. The van der Waals surface area contributed by atoms with Crippen LogP contribution in [0.3, 0.4) is 0 Å². The second-order valence-corrected chi connectivity index (χ2v) is 13.0. The molecule has 0 aliphatic carbocycles. The Balaban J connectivity index is 2.42. The summed E-state index contributed by atoms with van der Waals surface area (Å²) in [6, 6.07) is -0.720. The molecule has 7 atom stereocenters. The normalized spacial score (nSPS) is 23.3. The predicted octanol–water partition coefficient (Wildman–Crippen LogP) is 5.99. The number of rotatable bonds is 29. The minimum atomic E-state index is -1.55. The molecule has 1 saturated heterocycles. The molecule has 0 radical (unpaired) electrons. The van der Waals surface area contributed by atoms with Gasteiger partial charge in [0.05, 0.1) is 25.4 Å². The second-order valence-electron chi connectivity index (χ2n) is 13.0. The highest BCUT2D eigenvalue weighted by Crippen LogP contribution is 2.23. The van der Waals surface area contributed by atoms with E-state index in [0.717, 1.165) is 64.2 Å². The third-order valence-corrected chi connectivity index (χ3v) is 8.81. The number of carbonyl (C=O) groups is 1. The Morgan fingerprint density at radius 1 is 0.739 bits per heavy atom. The van der Waals surface area contributed by atoms with E-state index in [1.807, 2.05) is 0 Å². The first-order chi connectivity index (χ1) is 22.3. The first-order valence-corrected chi connectivity index (χ1v) is 18.5. The molecular formula is C37H69NO8. The lowest BCUT2D eigenvalue weighted by Gasteiger charge is -2.40. The number of aliphatic hydroxyl groups is 5. The van der Waals surface area contributed by atoms with E-state index in [-0.39, 0.29) is 12.5 Å². The highest BCUT2D eigenvalue weighted by Gasteiger charge is 2.44. The first-order valence-electron chi connectivity index (χ1n) is 18.5. The maximum Gasteiger partial charge on any atom is 0.220 e. The Labute approximate surface area is 279 Å². The predicted molar refractivity (Wildman–Crippen MR) is 184 cm³/mol. The summed E-state index contributed by atoms with van der Waals surface area (Å²) in [6.07, 6.45) is 23.4. The number of amides is 1. The number of hydrogen-bond acceptors (Lipinski definition) is 8. The zero-order valence-corrected chi connectivity index (χ0v) is 29.1. The molecule has 1 rings (SSSR count). The number of carbonyl (C=O) groups excluding carboxylic acids is 1. The summed E-state index contributed by atoms with van der Waals surface area (Å²) in [5.74, 6) is -0.164. The van der Waals surface area contributed by atoms with Crippen LogP contribution in [0.4, 0.5) is 0 Å². The van der Waals surface area contributed by atoms with Gasteiger partial charge in [0.25, 0.3) is 0 Å². The highest BCUT2D eigenvalue weighted by atomic mass is 16.7. The maximum atomic E-state index is 12.8. The molecule has 270 valence electrons. The van der Waals surface area contributed by atoms with Crippen molar-refractivity contribution < 1.29 is 39.8 Å². The minimum absolute atomic E-state index is 0.144. The van der Waals surface area contributed by atoms with Crippen LogP contribution < -0.4 is 5.32 Å². The van der Waals surface area contributed by atoms with Gasteiger partial charge in [-0.3, -0.25) is 4.79 Å². The molecule has 1 fully saturated rings. The lowest BCUT2D eigenvalue weighted by atomic mass is 9.99. The average molecular weight is 656 g/mol. The molecule has 7 unspecified atom stereocenters. The number of unbranched alkanes of at least 4 members (excludes halogenated alkanes) is 15. The van der Waals surface area contributed by atoms with Gasteiger partial charge in [0.15, 0.2) is 6.29 Å². The minimum Gasteiger partial charge on any atom is -0.394 e. The van der Waals surface area contributed by atoms with E-state index >= 15 is 0 Å². The molecule has 6 N–H and O–H groups in total. The maximum absolute atomic E-state index is 12.8. The van der Waals surface area contributed by atoms with Crippen LogP contribution in [-0.2, 0) is 14.3 Å². The fourth-order valence-corrected chi connectivity index (χ4v) is 5.72. The van der Waals surface area contributed by atoms with Crippen LogP contribution in [0.2, 0.25) is 0 Å². The smallest absolute Gasteiger partial charge is 0.220 e. The standard InChI is InChI=1S/C37H69NO8/c1-3-5-7-9-11-13-14-15-16-17-18-19-21-23-25-27-33(41)38-30(31(40)26-24-22-20-12-10-8-6-4-2)29-45-37-36(44)35(43)34(42)32(28-39)46-37/h11,13,15-16,30-32,34-37,39-40,42-44H,3-10,12,14,17-29H2,1-2H3,(H,38,41)/b13-11-,16-15-. The summed E-state index contributed by atoms with van der Waals surface area (Å²) in [5.41, 5.74) is 0. The average Bonchev–Trinajstić information content (AvgIpc) is 3.05. The van der Waals surface area contributed by atoms with Crippen LogP contribution in [0.25, 0.3) is 0 Å². The summed E-state index contributed by atoms with van der Waals surface area (Å²) in [5, 5.41) is 53.8. The molecule has 9 nitrogen and oxygen atoms in total. The van der Waals surface area contributed by atoms with Gasteiger partial charge in [0.2, 0.25) is 5.91 Å². The Morgan fingerprint density at radius 3 is 1.91 bits per heavy atom. The molecule has 1 heterocycles. The zero-order chi connectivity index (χ0) is 33.8. The number of nitrogens with one attached hydrogen (secondary N) is 1. The van der Waals surface area contributed by atoms with Crippen LogP contribution in [0.1, 0.15) is 149 Å². The van der Waals surface area contributed by atoms with E-state index in [4.69, 9.17) is 9.47 Å². The number of ether oxygens (including phenoxy) is 2. The van der Waals surface area contributed by atoms with Crippen molar-refractivity contribution >= 4 is 5.91 Å². The second kappa shape index (κ2) is 28.7. The molecule has 1 aliphatic heterocycles. The first kappa shape index (κ1) is 42.7. The molecule has 0 bridgehead atoms. The quantitative estimate of drug-likeness (QED) is 0.0425. The molecule has 0 aromatic rings. The van der Waals surface area contributed by atoms with Gasteiger partial charge in [-0.05, 0) is 44.9 Å². The Morgan fingerprint density at radius 2 is 1.28 bits per heavy atom. The number of aliphatic hydroxyl groups excluding tert-OH is 5. The van der Waals surface area contributed by atoms with Crippen molar-refractivity contribution in [1.82, 2.24) is 5.32 Å². The van der Waals surface area contributed by atoms with E-state index in [0.29, 0.717) is 12.8 Å². The number of hydrogen-bond donors (Lipinski definition) is 6. The van der Waals surface area contributed by atoms with Crippen LogP contribution in [-0.4, -0.2) is 87.5 Å². The number of allylic oxidation sites excluding steroid dienone is 4. The fourth-order valence-electron chi connectivity index (χ4n) is 5.72. The van der Waals surface area contributed by atoms with Crippen molar-refractivity contribution in [3.05, 3.63) is 24.3 Å². The Bertz CT molecular complexity index is 776. The molecule has 0 saturated carbocycles. The van der Waals surface area contributed by atoms with Gasteiger partial charge in [-0.1, -0.05) is 122 Å². The van der Waals surface area contributed by atoms with Crippen molar-refractivity contribution in [3.8, 4) is 0 Å². The van der Waals surface area contributed by atoms with Gasteiger partial charge in [0, 0.05) is 6.42 Å². The van der Waals surface area contributed by atoms with Gasteiger partial charge < -0.3 is 40.3 Å². The highest BCUT2D eigenvalue weighted by molar-refractivity contribution is 5.76. The molecule has 0 spiro atoms. The fraction of sp³-hybridized carbons (Fsp3) is 0.865. The van der Waals surface area contributed by atoms with Gasteiger partial charge in [-0.15, -0.1) is 0 Å². The SMILES string of the molecule is CCCCC/C=C\C/C=C\CCCCCCCC(=O)NC(COC1OC(CO)C(O)C(O)C1O)C(O)CCCCCCCCCC. The molecule has 0 aromatic heterocycles. The molecular weight excluding hydrogens is 586 g/mol. The summed E-state index contributed by atoms with van der Waals surface area (Å²) < 4.78 is 11.2. The Hall–Kier alpha value is -1.33. The summed E-state index contributed by atoms with van der Waals surface area (Å²) in [4.78, 5) is 12.8. The lowest BCUT2D eigenvalue weighted by Crippen LogP contribution is -2.60. The summed E-state index contributed by atoms with van der Waals surface area (Å²) in [7, 11) is 0. The van der Waals surface area contributed by atoms with E-state index in [9.17, 15) is 30.3 Å². The monoisotopic (exact) mass is 656 g/mol. The lowest BCUT2D eigenvalue weighted by molar-refractivity contribution is -0.302. The van der Waals surface area contributed by atoms with Gasteiger partial charge >= 0.3 is 0 Å². The van der Waals surface area contributed by atoms with Crippen molar-refractivity contribution in [1.29, 1.82) is 0 Å². The summed E-state index contributed by atoms with van der Waals surface area (Å²) >= 11 is 0. The molecule has 1 amide bonds. The Kier molecular flexibility index (Phi) is 26.6. The molecule has 46 heavy (non-hydrogen) atoms. The third kappa shape index (κ3) is 20.1.